The fourth-order valence-corrected chi connectivity index (χ4v) is 3.30. The van der Waals surface area contributed by atoms with E-state index in [1.807, 2.05) is 6.07 Å². The van der Waals surface area contributed by atoms with Gasteiger partial charge >= 0.3 is 0 Å². The Morgan fingerprint density at radius 2 is 1.68 bits per heavy atom. The average molecular weight is 339 g/mol. The van der Waals surface area contributed by atoms with Crippen LogP contribution in [0.1, 0.15) is 0 Å². The highest BCUT2D eigenvalue weighted by molar-refractivity contribution is 7.89. The summed E-state index contributed by atoms with van der Waals surface area (Å²) in [7, 11) is -2.25. The van der Waals surface area contributed by atoms with Gasteiger partial charge in [-0.15, -0.1) is 0 Å². The molecule has 0 radical (unpaired) electrons. The van der Waals surface area contributed by atoms with Crippen LogP contribution in [-0.2, 0) is 14.8 Å². The summed E-state index contributed by atoms with van der Waals surface area (Å²) in [4.78, 5) is 13.4. The number of para-hydroxylation sites is 1. The molecule has 1 amide bonds. The second kappa shape index (κ2) is 6.91. The van der Waals surface area contributed by atoms with Crippen LogP contribution in [0.4, 0.5) is 5.69 Å². The summed E-state index contributed by atoms with van der Waals surface area (Å²) in [6.45, 7) is -0.348. The number of halogens is 1. The molecule has 5 nitrogen and oxygen atoms in total. The molecule has 0 fully saturated rings. The first-order chi connectivity index (χ1) is 10.4. The van der Waals surface area contributed by atoms with Crippen molar-refractivity contribution in [2.24, 2.45) is 0 Å². The largest absolute Gasteiger partial charge is 0.314 e. The lowest BCUT2D eigenvalue weighted by atomic mass is 10.3. The Bertz CT molecular complexity index is 763. The zero-order chi connectivity index (χ0) is 16.2. The topological polar surface area (TPSA) is 66.5 Å². The third-order valence-corrected chi connectivity index (χ3v) is 4.96. The third kappa shape index (κ3) is 3.85. The van der Waals surface area contributed by atoms with E-state index < -0.39 is 10.0 Å². The van der Waals surface area contributed by atoms with Crippen molar-refractivity contribution in [3.05, 3.63) is 59.6 Å². The predicted molar refractivity (Wildman–Crippen MR) is 86.5 cm³/mol. The molecule has 0 aromatic heterocycles. The number of sulfonamides is 1. The number of nitrogens with one attached hydrogen (secondary N) is 1. The zero-order valence-electron chi connectivity index (χ0n) is 11.9. The van der Waals surface area contributed by atoms with E-state index in [0.717, 1.165) is 0 Å². The van der Waals surface area contributed by atoms with Gasteiger partial charge in [-0.05, 0) is 24.3 Å². The Hall–Kier alpha value is -1.89. The number of carbonyl (C=O) groups excluding carboxylic acids is 1. The lowest BCUT2D eigenvalue weighted by Gasteiger charge is -2.17. The van der Waals surface area contributed by atoms with Crippen molar-refractivity contribution in [2.75, 3.05) is 18.5 Å². The second-order valence-corrected chi connectivity index (χ2v) is 6.69. The number of rotatable bonds is 5. The van der Waals surface area contributed by atoms with E-state index in [-0.39, 0.29) is 22.4 Å². The fraction of sp³-hybridized carbons (Fsp3) is 0.133. The summed E-state index contributed by atoms with van der Waals surface area (Å²) in [5, 5.41) is 0.110. The fourth-order valence-electron chi connectivity index (χ4n) is 1.81. The highest BCUT2D eigenvalue weighted by Crippen LogP contribution is 2.20. The van der Waals surface area contributed by atoms with Gasteiger partial charge in [-0.3, -0.25) is 4.79 Å². The molecule has 22 heavy (non-hydrogen) atoms. The molecular formula is C15H15ClN2O3S. The molecule has 0 heterocycles. The average Bonchev–Trinajstić information content (AvgIpc) is 2.53. The van der Waals surface area contributed by atoms with Crippen LogP contribution in [0.25, 0.3) is 0 Å². The van der Waals surface area contributed by atoms with Gasteiger partial charge in [-0.2, -0.15) is 0 Å². The molecule has 0 spiro atoms. The molecule has 0 unspecified atom stereocenters. The zero-order valence-corrected chi connectivity index (χ0v) is 13.4. The molecule has 0 bridgehead atoms. The Labute approximate surface area is 134 Å². The lowest BCUT2D eigenvalue weighted by Crippen LogP contribution is -2.38. The smallest absolute Gasteiger partial charge is 0.242 e. The maximum Gasteiger partial charge on any atom is 0.242 e. The first-order valence-corrected chi connectivity index (χ1v) is 8.34. The van der Waals surface area contributed by atoms with E-state index in [4.69, 9.17) is 11.6 Å². The van der Waals surface area contributed by atoms with Crippen LogP contribution in [0.3, 0.4) is 0 Å². The van der Waals surface area contributed by atoms with Crippen LogP contribution in [0.15, 0.2) is 59.5 Å². The van der Waals surface area contributed by atoms with Crippen molar-refractivity contribution in [1.29, 1.82) is 0 Å². The van der Waals surface area contributed by atoms with Gasteiger partial charge in [-0.25, -0.2) is 13.1 Å². The Morgan fingerprint density at radius 3 is 2.32 bits per heavy atom. The number of amides is 1. The van der Waals surface area contributed by atoms with Gasteiger partial charge in [0.15, 0.2) is 0 Å². The van der Waals surface area contributed by atoms with Crippen LogP contribution < -0.4 is 9.62 Å². The summed E-state index contributed by atoms with van der Waals surface area (Å²) in [6, 6.07) is 15.0. The molecule has 2 aromatic carbocycles. The second-order valence-electron chi connectivity index (χ2n) is 4.54. The quantitative estimate of drug-likeness (QED) is 0.909. The van der Waals surface area contributed by atoms with E-state index in [2.05, 4.69) is 4.72 Å². The number of anilines is 1. The third-order valence-electron chi connectivity index (χ3n) is 3.06. The summed E-state index contributed by atoms with van der Waals surface area (Å²) in [6.07, 6.45) is 0. The van der Waals surface area contributed by atoms with Crippen LogP contribution in [0.5, 0.6) is 0 Å². The Morgan fingerprint density at radius 1 is 1.09 bits per heavy atom. The maximum atomic E-state index is 12.2. The van der Waals surface area contributed by atoms with Crippen LogP contribution in [0.2, 0.25) is 5.02 Å². The molecule has 2 aromatic rings. The number of carbonyl (C=O) groups is 1. The first-order valence-electron chi connectivity index (χ1n) is 6.47. The van der Waals surface area contributed by atoms with Crippen LogP contribution in [-0.4, -0.2) is 27.9 Å². The monoisotopic (exact) mass is 338 g/mol. The van der Waals surface area contributed by atoms with E-state index in [1.165, 1.54) is 17.0 Å². The summed E-state index contributed by atoms with van der Waals surface area (Å²) >= 11 is 5.87. The van der Waals surface area contributed by atoms with Crippen LogP contribution in [0, 0.1) is 0 Å². The standard InChI is InChI=1S/C15H15ClN2O3S/c1-18(12-7-3-2-4-8-12)15(19)11-17-22(20,21)14-10-6-5-9-13(14)16/h2-10,17H,11H2,1H3. The van der Waals surface area contributed by atoms with Crippen molar-refractivity contribution >= 4 is 33.2 Å². The molecule has 1 N–H and O–H groups in total. The predicted octanol–water partition coefficient (Wildman–Crippen LogP) is 2.28. The van der Waals surface area contributed by atoms with Gasteiger partial charge in [0.25, 0.3) is 0 Å². The highest BCUT2D eigenvalue weighted by atomic mass is 35.5. The van der Waals surface area contributed by atoms with Gasteiger partial charge in [0.2, 0.25) is 15.9 Å². The number of hydrogen-bond donors (Lipinski definition) is 1. The number of hydrogen-bond acceptors (Lipinski definition) is 3. The first kappa shape index (κ1) is 16.5. The molecule has 0 aliphatic rings. The van der Waals surface area contributed by atoms with Crippen molar-refractivity contribution in [3.63, 3.8) is 0 Å². The Kier molecular flexibility index (Phi) is 5.18. The van der Waals surface area contributed by atoms with Gasteiger partial charge in [0, 0.05) is 12.7 Å². The highest BCUT2D eigenvalue weighted by Gasteiger charge is 2.20. The van der Waals surface area contributed by atoms with Gasteiger partial charge < -0.3 is 4.90 Å². The lowest BCUT2D eigenvalue weighted by molar-refractivity contribution is -0.117. The molecule has 0 aliphatic heterocycles. The van der Waals surface area contributed by atoms with Gasteiger partial charge in [0.1, 0.15) is 4.90 Å². The molecule has 0 saturated carbocycles. The normalized spacial score (nSPS) is 11.2. The Balaban J connectivity index is 2.06. The summed E-state index contributed by atoms with van der Waals surface area (Å²) in [5.74, 6) is -0.373. The SMILES string of the molecule is CN(C(=O)CNS(=O)(=O)c1ccccc1Cl)c1ccccc1. The summed E-state index contributed by atoms with van der Waals surface area (Å²) < 4.78 is 26.6. The molecule has 0 atom stereocenters. The minimum absolute atomic E-state index is 0.0492. The molecule has 7 heteroatoms. The van der Waals surface area contributed by atoms with Gasteiger partial charge in [0.05, 0.1) is 11.6 Å². The molecule has 0 saturated heterocycles. The van der Waals surface area contributed by atoms with E-state index in [9.17, 15) is 13.2 Å². The molecular weight excluding hydrogens is 324 g/mol. The van der Waals surface area contributed by atoms with Gasteiger partial charge in [-0.1, -0.05) is 41.9 Å². The van der Waals surface area contributed by atoms with E-state index in [0.29, 0.717) is 5.69 Å². The molecule has 0 aliphatic carbocycles. The minimum atomic E-state index is -3.83. The summed E-state index contributed by atoms with van der Waals surface area (Å²) in [5.41, 5.74) is 0.685. The number of nitrogens with zero attached hydrogens (tertiary/aromatic N) is 1. The van der Waals surface area contributed by atoms with E-state index >= 15 is 0 Å². The van der Waals surface area contributed by atoms with Crippen molar-refractivity contribution in [2.45, 2.75) is 4.90 Å². The number of likely N-dealkylation sites (N-methyl/N-ethyl adjacent to an activating group) is 1. The van der Waals surface area contributed by atoms with Crippen LogP contribution >= 0.6 is 11.6 Å². The maximum absolute atomic E-state index is 12.2. The van der Waals surface area contributed by atoms with Crippen molar-refractivity contribution in [1.82, 2.24) is 4.72 Å². The minimum Gasteiger partial charge on any atom is -0.314 e. The molecule has 2 rings (SSSR count). The van der Waals surface area contributed by atoms with E-state index in [1.54, 1.807) is 43.4 Å². The van der Waals surface area contributed by atoms with Crippen molar-refractivity contribution < 1.29 is 13.2 Å². The molecule has 116 valence electrons. The van der Waals surface area contributed by atoms with Crippen molar-refractivity contribution in [3.8, 4) is 0 Å². The number of benzene rings is 2.